The number of aromatic nitrogens is 1. The molecule has 0 spiro atoms. The minimum atomic E-state index is -0.335. The molecule has 106 valence electrons. The molecular weight excluding hydrogens is 294 g/mol. The van der Waals surface area contributed by atoms with Gasteiger partial charge in [0.05, 0.1) is 22.7 Å². The summed E-state index contributed by atoms with van der Waals surface area (Å²) in [6.07, 6.45) is 0.149. The average Bonchev–Trinajstić information content (AvgIpc) is 2.77. The van der Waals surface area contributed by atoms with Gasteiger partial charge in [0.2, 0.25) is 0 Å². The lowest BCUT2D eigenvalue weighted by atomic mass is 10.3. The number of carbonyl (C=O) groups is 2. The van der Waals surface area contributed by atoms with E-state index in [9.17, 15) is 9.59 Å². The maximum Gasteiger partial charge on any atom is 0.306 e. The van der Waals surface area contributed by atoms with Gasteiger partial charge in [-0.15, -0.1) is 11.3 Å². The number of ether oxygens (including phenoxy) is 1. The van der Waals surface area contributed by atoms with Gasteiger partial charge in [0.15, 0.2) is 9.45 Å². The van der Waals surface area contributed by atoms with E-state index in [-0.39, 0.29) is 30.0 Å². The Morgan fingerprint density at radius 1 is 1.30 bits per heavy atom. The van der Waals surface area contributed by atoms with Gasteiger partial charge < -0.3 is 4.74 Å². The van der Waals surface area contributed by atoms with Gasteiger partial charge in [-0.25, -0.2) is 4.98 Å². The number of rotatable bonds is 5. The highest BCUT2D eigenvalue weighted by Gasteiger charge is 2.13. The van der Waals surface area contributed by atoms with Crippen molar-refractivity contribution in [2.75, 3.05) is 0 Å². The molecule has 0 saturated carbocycles. The SMILES string of the molecule is CC(C)OC(=O)CCC(=O)Sc1nc2ccccc2s1. The molecule has 2 aromatic rings. The summed E-state index contributed by atoms with van der Waals surface area (Å²) in [5.41, 5.74) is 0.895. The minimum absolute atomic E-state index is 0.0650. The molecule has 1 aromatic carbocycles. The highest BCUT2D eigenvalue weighted by atomic mass is 32.2. The van der Waals surface area contributed by atoms with Gasteiger partial charge in [-0.3, -0.25) is 9.59 Å². The Bertz CT molecular complexity index is 589. The van der Waals surface area contributed by atoms with Crippen LogP contribution in [0.25, 0.3) is 10.2 Å². The summed E-state index contributed by atoms with van der Waals surface area (Å²) in [4.78, 5) is 27.5. The van der Waals surface area contributed by atoms with Crippen molar-refractivity contribution in [3.8, 4) is 0 Å². The van der Waals surface area contributed by atoms with Crippen LogP contribution in [0.2, 0.25) is 0 Å². The third kappa shape index (κ3) is 4.31. The first kappa shape index (κ1) is 15.0. The minimum Gasteiger partial charge on any atom is -0.463 e. The lowest BCUT2D eigenvalue weighted by Crippen LogP contribution is -2.12. The molecule has 4 nitrogen and oxygen atoms in total. The van der Waals surface area contributed by atoms with Crippen LogP contribution in [0.15, 0.2) is 28.6 Å². The summed E-state index contributed by atoms with van der Waals surface area (Å²) >= 11 is 2.58. The Hall–Kier alpha value is -1.40. The molecule has 0 aliphatic heterocycles. The number of hydrogen-bond acceptors (Lipinski definition) is 6. The van der Waals surface area contributed by atoms with Crippen molar-refractivity contribution in [1.29, 1.82) is 0 Å². The second-order valence-electron chi connectivity index (χ2n) is 4.46. The second-order valence-corrected chi connectivity index (χ2v) is 6.80. The van der Waals surface area contributed by atoms with Crippen LogP contribution in [0.1, 0.15) is 26.7 Å². The van der Waals surface area contributed by atoms with Crippen LogP contribution in [0.4, 0.5) is 0 Å². The number of para-hydroxylation sites is 1. The normalized spacial score (nSPS) is 10.9. The molecule has 0 aliphatic carbocycles. The summed E-state index contributed by atoms with van der Waals surface area (Å²) in [5.74, 6) is -0.335. The zero-order chi connectivity index (χ0) is 14.5. The maximum absolute atomic E-state index is 11.8. The standard InChI is InChI=1S/C14H15NO3S2/c1-9(2)18-12(16)7-8-13(17)20-14-15-10-5-3-4-6-11(10)19-14/h3-6,9H,7-8H2,1-2H3. The third-order valence-corrected chi connectivity index (χ3v) is 4.40. The first-order valence-corrected chi connectivity index (χ1v) is 7.93. The number of esters is 1. The van der Waals surface area contributed by atoms with Crippen LogP contribution in [-0.4, -0.2) is 22.2 Å². The zero-order valence-corrected chi connectivity index (χ0v) is 12.9. The van der Waals surface area contributed by atoms with E-state index in [1.54, 1.807) is 13.8 Å². The molecule has 1 heterocycles. The third-order valence-electron chi connectivity index (χ3n) is 2.38. The van der Waals surface area contributed by atoms with E-state index in [0.29, 0.717) is 4.34 Å². The highest BCUT2D eigenvalue weighted by molar-refractivity contribution is 8.15. The van der Waals surface area contributed by atoms with Crippen LogP contribution in [0.5, 0.6) is 0 Å². The molecule has 0 bridgehead atoms. The molecule has 0 atom stereocenters. The number of fused-ring (bicyclic) bond motifs is 1. The van der Waals surface area contributed by atoms with Crippen molar-refractivity contribution >= 4 is 44.4 Å². The van der Waals surface area contributed by atoms with Crippen LogP contribution in [0.3, 0.4) is 0 Å². The zero-order valence-electron chi connectivity index (χ0n) is 11.3. The van der Waals surface area contributed by atoms with E-state index in [1.165, 1.54) is 11.3 Å². The van der Waals surface area contributed by atoms with Gasteiger partial charge in [-0.05, 0) is 37.7 Å². The molecule has 0 saturated heterocycles. The smallest absolute Gasteiger partial charge is 0.306 e. The second kappa shape index (κ2) is 6.85. The van der Waals surface area contributed by atoms with Gasteiger partial charge in [-0.1, -0.05) is 12.1 Å². The van der Waals surface area contributed by atoms with Crippen LogP contribution >= 0.6 is 23.1 Å². The fourth-order valence-corrected chi connectivity index (χ4v) is 3.52. The van der Waals surface area contributed by atoms with Crippen LogP contribution in [0, 0.1) is 0 Å². The number of carbonyl (C=O) groups excluding carboxylic acids is 2. The van der Waals surface area contributed by atoms with Gasteiger partial charge >= 0.3 is 5.97 Å². The summed E-state index contributed by atoms with van der Waals surface area (Å²) in [7, 11) is 0. The number of nitrogens with zero attached hydrogens (tertiary/aromatic N) is 1. The molecule has 0 amide bonds. The Morgan fingerprint density at radius 3 is 2.75 bits per heavy atom. The molecule has 2 rings (SSSR count). The summed E-state index contributed by atoms with van der Waals surface area (Å²) < 4.78 is 6.76. The maximum atomic E-state index is 11.8. The summed E-state index contributed by atoms with van der Waals surface area (Å²) in [5, 5.41) is -0.0650. The Kier molecular flexibility index (Phi) is 5.14. The molecule has 0 aliphatic rings. The van der Waals surface area contributed by atoms with Crippen molar-refractivity contribution in [3.05, 3.63) is 24.3 Å². The summed E-state index contributed by atoms with van der Waals surface area (Å²) in [6.45, 7) is 3.57. The predicted octanol–water partition coefficient (Wildman–Crippen LogP) is 3.65. The molecule has 0 unspecified atom stereocenters. The van der Waals surface area contributed by atoms with Gasteiger partial charge in [0.25, 0.3) is 0 Å². The molecule has 0 N–H and O–H groups in total. The van der Waals surface area contributed by atoms with Crippen molar-refractivity contribution in [2.45, 2.75) is 37.1 Å². The van der Waals surface area contributed by atoms with Crippen LogP contribution < -0.4 is 0 Å². The van der Waals surface area contributed by atoms with Crippen molar-refractivity contribution < 1.29 is 14.3 Å². The van der Waals surface area contributed by atoms with Gasteiger partial charge in [0, 0.05) is 6.42 Å². The van der Waals surface area contributed by atoms with Crippen molar-refractivity contribution in [3.63, 3.8) is 0 Å². The predicted molar refractivity (Wildman–Crippen MR) is 80.9 cm³/mol. The quantitative estimate of drug-likeness (QED) is 0.623. The molecule has 0 fully saturated rings. The van der Waals surface area contributed by atoms with Gasteiger partial charge in [-0.2, -0.15) is 0 Å². The average molecular weight is 309 g/mol. The number of hydrogen-bond donors (Lipinski definition) is 0. The van der Waals surface area contributed by atoms with E-state index in [1.807, 2.05) is 24.3 Å². The topological polar surface area (TPSA) is 56.3 Å². The Morgan fingerprint density at radius 2 is 2.05 bits per heavy atom. The summed E-state index contributed by atoms with van der Waals surface area (Å²) in [6, 6.07) is 7.75. The van der Waals surface area contributed by atoms with Crippen molar-refractivity contribution in [2.24, 2.45) is 0 Å². The van der Waals surface area contributed by atoms with E-state index in [0.717, 1.165) is 22.0 Å². The fourth-order valence-electron chi connectivity index (χ4n) is 1.57. The number of benzene rings is 1. The van der Waals surface area contributed by atoms with Crippen molar-refractivity contribution in [1.82, 2.24) is 4.98 Å². The molecule has 0 radical (unpaired) electrons. The monoisotopic (exact) mass is 309 g/mol. The first-order valence-electron chi connectivity index (χ1n) is 6.30. The fraction of sp³-hybridized carbons (Fsp3) is 0.357. The molecular formula is C14H15NO3S2. The Balaban J connectivity index is 1.86. The number of thiazole rings is 1. The van der Waals surface area contributed by atoms with E-state index < -0.39 is 0 Å². The van der Waals surface area contributed by atoms with Gasteiger partial charge in [0.1, 0.15) is 0 Å². The Labute approximate surface area is 125 Å². The largest absolute Gasteiger partial charge is 0.463 e. The van der Waals surface area contributed by atoms with E-state index in [4.69, 9.17) is 4.74 Å². The van der Waals surface area contributed by atoms with Crippen LogP contribution in [-0.2, 0) is 14.3 Å². The first-order chi connectivity index (χ1) is 9.54. The lowest BCUT2D eigenvalue weighted by molar-refractivity contribution is -0.148. The lowest BCUT2D eigenvalue weighted by Gasteiger charge is -2.06. The highest BCUT2D eigenvalue weighted by Crippen LogP contribution is 2.30. The molecule has 6 heteroatoms. The number of thioether (sulfide) groups is 1. The van der Waals surface area contributed by atoms with E-state index in [2.05, 4.69) is 4.98 Å². The molecule has 20 heavy (non-hydrogen) atoms. The molecule has 1 aromatic heterocycles. The van der Waals surface area contributed by atoms with E-state index >= 15 is 0 Å².